The Kier molecular flexibility index (Phi) is 14.4. The van der Waals surface area contributed by atoms with Gasteiger partial charge in [0.1, 0.15) is 5.75 Å². The van der Waals surface area contributed by atoms with Gasteiger partial charge in [0.2, 0.25) is 0 Å². The summed E-state index contributed by atoms with van der Waals surface area (Å²) < 4.78 is 4.94. The molecule has 0 aliphatic carbocycles. The van der Waals surface area contributed by atoms with Gasteiger partial charge >= 0.3 is 0 Å². The first-order chi connectivity index (χ1) is 12.6. The molecule has 2 unspecified atom stereocenters. The van der Waals surface area contributed by atoms with Gasteiger partial charge < -0.3 is 14.7 Å². The molecule has 1 N–H and O–H groups in total. The molecule has 2 atom stereocenters. The molecule has 0 radical (unpaired) electrons. The van der Waals surface area contributed by atoms with Crippen molar-refractivity contribution in [2.45, 2.75) is 86.1 Å². The minimum absolute atomic E-state index is 0.399. The zero-order valence-corrected chi connectivity index (χ0v) is 18.3. The number of phenols is 1. The lowest BCUT2D eigenvalue weighted by Crippen LogP contribution is -2.39. The van der Waals surface area contributed by atoms with Crippen molar-refractivity contribution in [2.24, 2.45) is 0 Å². The molecule has 2 saturated heterocycles. The van der Waals surface area contributed by atoms with Crippen LogP contribution in [0.4, 0.5) is 0 Å². The molecule has 3 rings (SSSR count). The fraction of sp³-hybridized carbons (Fsp3) is 0.739. The lowest BCUT2D eigenvalue weighted by Gasteiger charge is -2.37. The van der Waals surface area contributed by atoms with Crippen molar-refractivity contribution in [3.8, 4) is 5.75 Å². The molecule has 26 heavy (non-hydrogen) atoms. The van der Waals surface area contributed by atoms with E-state index in [1.807, 2.05) is 39.8 Å². The van der Waals surface area contributed by atoms with Crippen LogP contribution < -0.4 is 0 Å². The van der Waals surface area contributed by atoms with E-state index in [0.29, 0.717) is 17.7 Å². The fourth-order valence-corrected chi connectivity index (χ4v) is 3.55. The monoisotopic (exact) mass is 365 g/mol. The fourth-order valence-electron chi connectivity index (χ4n) is 3.55. The van der Waals surface area contributed by atoms with E-state index in [4.69, 9.17) is 4.74 Å². The van der Waals surface area contributed by atoms with E-state index in [-0.39, 0.29) is 0 Å². The van der Waals surface area contributed by atoms with E-state index in [1.165, 1.54) is 43.4 Å². The highest BCUT2D eigenvalue weighted by atomic mass is 16.5. The number of phenolic OH excluding ortho intramolecular Hbond substituents is 1. The Morgan fingerprint density at radius 2 is 1.73 bits per heavy atom. The molecule has 1 aromatic carbocycles. The van der Waals surface area contributed by atoms with Crippen LogP contribution in [0.1, 0.15) is 84.3 Å². The second-order valence-electron chi connectivity index (χ2n) is 6.56. The molecule has 0 saturated carbocycles. The summed E-state index contributed by atoms with van der Waals surface area (Å²) in [6, 6.07) is 6.42. The van der Waals surface area contributed by atoms with Crippen LogP contribution in [-0.2, 0) is 4.74 Å². The van der Waals surface area contributed by atoms with Crippen LogP contribution in [0, 0.1) is 6.92 Å². The quantitative estimate of drug-likeness (QED) is 0.683. The van der Waals surface area contributed by atoms with E-state index in [2.05, 4.69) is 25.7 Å². The first-order valence-corrected chi connectivity index (χ1v) is 10.7. The standard InChI is InChI=1S/C15H23NO.C4H8O.2C2H6/c1-4-16-8-7-13(9-12(16)3)15-10-14(17)6-5-11(15)2;1-2-4-5-3-1;2*1-2/h5-6,10,12-13,17H,4,7-9H2,1-3H3;1-4H2;2*1-2H3. The van der Waals surface area contributed by atoms with E-state index >= 15 is 0 Å². The number of aromatic hydroxyl groups is 1. The van der Waals surface area contributed by atoms with Crippen molar-refractivity contribution in [3.63, 3.8) is 0 Å². The Morgan fingerprint density at radius 3 is 2.19 bits per heavy atom. The number of ether oxygens (including phenoxy) is 1. The molecule has 152 valence electrons. The summed E-state index contributed by atoms with van der Waals surface area (Å²) in [6.07, 6.45) is 4.97. The first kappa shape index (κ1) is 24.9. The van der Waals surface area contributed by atoms with E-state index in [1.54, 1.807) is 6.07 Å². The SMILES string of the molecule is C1CCOC1.CC.CC.CCN1CCC(c2cc(O)ccc2C)CC1C. The van der Waals surface area contributed by atoms with Gasteiger partial charge in [0.15, 0.2) is 0 Å². The number of likely N-dealkylation sites (tertiary alicyclic amines) is 1. The minimum atomic E-state index is 0.399. The molecule has 0 bridgehead atoms. The smallest absolute Gasteiger partial charge is 0.115 e. The van der Waals surface area contributed by atoms with E-state index < -0.39 is 0 Å². The van der Waals surface area contributed by atoms with Crippen LogP contribution in [0.15, 0.2) is 18.2 Å². The van der Waals surface area contributed by atoms with Gasteiger partial charge in [-0.15, -0.1) is 0 Å². The molecule has 0 amide bonds. The molecule has 3 heteroatoms. The highest BCUT2D eigenvalue weighted by molar-refractivity contribution is 5.36. The van der Waals surface area contributed by atoms with Gasteiger partial charge in [-0.25, -0.2) is 0 Å². The predicted octanol–water partition coefficient (Wildman–Crippen LogP) is 6.14. The van der Waals surface area contributed by atoms with Gasteiger partial charge in [0, 0.05) is 19.3 Å². The average Bonchev–Trinajstić information content (AvgIpc) is 3.27. The van der Waals surface area contributed by atoms with Crippen LogP contribution in [0.3, 0.4) is 0 Å². The molecular formula is C23H43NO2. The summed E-state index contributed by atoms with van der Waals surface area (Å²) in [5, 5.41) is 9.62. The Labute approximate surface area is 162 Å². The summed E-state index contributed by atoms with van der Waals surface area (Å²) in [4.78, 5) is 2.54. The molecule has 2 aliphatic heterocycles. The molecule has 0 spiro atoms. The summed E-state index contributed by atoms with van der Waals surface area (Å²) in [6.45, 7) is 19.0. The average molecular weight is 366 g/mol. The minimum Gasteiger partial charge on any atom is -0.508 e. The Hall–Kier alpha value is -1.06. The van der Waals surface area contributed by atoms with Crippen LogP contribution in [0.2, 0.25) is 0 Å². The van der Waals surface area contributed by atoms with Crippen molar-refractivity contribution in [1.82, 2.24) is 4.90 Å². The number of hydrogen-bond donors (Lipinski definition) is 1. The maximum atomic E-state index is 9.62. The maximum absolute atomic E-state index is 9.62. The third-order valence-electron chi connectivity index (χ3n) is 4.95. The van der Waals surface area contributed by atoms with Gasteiger partial charge in [0.25, 0.3) is 0 Å². The zero-order chi connectivity index (χ0) is 19.9. The molecular weight excluding hydrogens is 322 g/mol. The summed E-state index contributed by atoms with van der Waals surface area (Å²) in [5.74, 6) is 1.01. The Bertz CT molecular complexity index is 450. The van der Waals surface area contributed by atoms with Crippen LogP contribution in [0.5, 0.6) is 5.75 Å². The molecule has 2 fully saturated rings. The molecule has 1 aromatic rings. The first-order valence-electron chi connectivity index (χ1n) is 10.7. The summed E-state index contributed by atoms with van der Waals surface area (Å²) in [5.41, 5.74) is 2.65. The number of piperidine rings is 1. The van der Waals surface area contributed by atoms with Gasteiger partial charge in [-0.1, -0.05) is 40.7 Å². The Balaban J connectivity index is 0.000000580. The lowest BCUT2D eigenvalue weighted by atomic mass is 9.84. The third kappa shape index (κ3) is 8.55. The zero-order valence-electron chi connectivity index (χ0n) is 18.3. The molecule has 3 nitrogen and oxygen atoms in total. The van der Waals surface area contributed by atoms with Crippen molar-refractivity contribution in [3.05, 3.63) is 29.3 Å². The number of benzene rings is 1. The largest absolute Gasteiger partial charge is 0.508 e. The van der Waals surface area contributed by atoms with Gasteiger partial charge in [-0.05, 0) is 81.8 Å². The molecule has 2 heterocycles. The predicted molar refractivity (Wildman–Crippen MR) is 114 cm³/mol. The molecule has 0 aromatic heterocycles. The Morgan fingerprint density at radius 1 is 1.12 bits per heavy atom. The van der Waals surface area contributed by atoms with E-state index in [9.17, 15) is 5.11 Å². The van der Waals surface area contributed by atoms with Crippen LogP contribution in [-0.4, -0.2) is 42.4 Å². The van der Waals surface area contributed by atoms with E-state index in [0.717, 1.165) is 19.8 Å². The lowest BCUT2D eigenvalue weighted by molar-refractivity contribution is 0.154. The summed E-state index contributed by atoms with van der Waals surface area (Å²) in [7, 11) is 0. The number of hydrogen-bond acceptors (Lipinski definition) is 3. The summed E-state index contributed by atoms with van der Waals surface area (Å²) >= 11 is 0. The number of aryl methyl sites for hydroxylation is 1. The van der Waals surface area contributed by atoms with Gasteiger partial charge in [-0.3, -0.25) is 0 Å². The number of rotatable bonds is 2. The second kappa shape index (κ2) is 15.0. The van der Waals surface area contributed by atoms with Crippen molar-refractivity contribution < 1.29 is 9.84 Å². The van der Waals surface area contributed by atoms with Crippen LogP contribution >= 0.6 is 0 Å². The van der Waals surface area contributed by atoms with Crippen molar-refractivity contribution in [2.75, 3.05) is 26.3 Å². The maximum Gasteiger partial charge on any atom is 0.115 e. The normalized spacial score (nSPS) is 22.1. The van der Waals surface area contributed by atoms with Gasteiger partial charge in [-0.2, -0.15) is 0 Å². The molecule has 2 aliphatic rings. The van der Waals surface area contributed by atoms with Gasteiger partial charge in [0.05, 0.1) is 0 Å². The van der Waals surface area contributed by atoms with Crippen LogP contribution in [0.25, 0.3) is 0 Å². The number of nitrogens with zero attached hydrogens (tertiary/aromatic N) is 1. The highest BCUT2D eigenvalue weighted by Gasteiger charge is 2.26. The van der Waals surface area contributed by atoms with Crippen molar-refractivity contribution >= 4 is 0 Å². The topological polar surface area (TPSA) is 32.7 Å². The highest BCUT2D eigenvalue weighted by Crippen LogP contribution is 2.34. The third-order valence-corrected chi connectivity index (χ3v) is 4.95. The van der Waals surface area contributed by atoms with Crippen molar-refractivity contribution in [1.29, 1.82) is 0 Å². The second-order valence-corrected chi connectivity index (χ2v) is 6.56.